The third kappa shape index (κ3) is 6.75. The van der Waals surface area contributed by atoms with Crippen molar-refractivity contribution in [3.8, 4) is 0 Å². The molecular weight excluding hydrogens is 445 g/mol. The fourth-order valence-corrected chi connectivity index (χ4v) is 2.97. The third-order valence-electron chi connectivity index (χ3n) is 4.64. The van der Waals surface area contributed by atoms with Gasteiger partial charge in [0.2, 0.25) is 5.91 Å². The molecule has 1 aliphatic heterocycles. The minimum atomic E-state index is 0. The maximum absolute atomic E-state index is 11.9. The zero-order chi connectivity index (χ0) is 18.2. The molecule has 8 nitrogen and oxygen atoms in total. The summed E-state index contributed by atoms with van der Waals surface area (Å²) in [7, 11) is 5.40. The van der Waals surface area contributed by atoms with Crippen molar-refractivity contribution in [2.24, 2.45) is 12.0 Å². The number of hydrogen-bond acceptors (Lipinski definition) is 4. The van der Waals surface area contributed by atoms with Crippen LogP contribution in [-0.2, 0) is 18.4 Å². The lowest BCUT2D eigenvalue weighted by atomic mass is 10.2. The molecule has 0 bridgehead atoms. The van der Waals surface area contributed by atoms with E-state index in [-0.39, 0.29) is 36.4 Å². The molecule has 1 aliphatic rings. The van der Waals surface area contributed by atoms with Crippen molar-refractivity contribution in [3.63, 3.8) is 0 Å². The Morgan fingerprint density at radius 1 is 1.42 bits per heavy atom. The van der Waals surface area contributed by atoms with E-state index in [0.717, 1.165) is 25.3 Å². The lowest BCUT2D eigenvalue weighted by Gasteiger charge is -2.24. The van der Waals surface area contributed by atoms with Crippen LogP contribution < -0.4 is 10.6 Å². The minimum Gasteiger partial charge on any atom is -0.355 e. The van der Waals surface area contributed by atoms with Gasteiger partial charge in [-0.1, -0.05) is 6.92 Å². The zero-order valence-corrected chi connectivity index (χ0v) is 18.6. The number of guanidine groups is 1. The molecule has 0 saturated carbocycles. The van der Waals surface area contributed by atoms with Crippen LogP contribution in [0, 0.1) is 0 Å². The summed E-state index contributed by atoms with van der Waals surface area (Å²) in [6.07, 6.45) is 4.21. The van der Waals surface area contributed by atoms with Gasteiger partial charge in [-0.25, -0.2) is 4.99 Å². The third-order valence-corrected chi connectivity index (χ3v) is 4.64. The summed E-state index contributed by atoms with van der Waals surface area (Å²) < 4.78 is 1.81. The summed E-state index contributed by atoms with van der Waals surface area (Å²) in [5.41, 5.74) is 1.02. The number of likely N-dealkylation sites (tertiary alicyclic amines) is 1. The normalized spacial score (nSPS) is 17.7. The first kappa shape index (κ1) is 22.7. The van der Waals surface area contributed by atoms with Gasteiger partial charge in [-0.3, -0.25) is 14.4 Å². The molecule has 9 heteroatoms. The fourth-order valence-electron chi connectivity index (χ4n) is 2.97. The summed E-state index contributed by atoms with van der Waals surface area (Å²) in [6.45, 7) is 6.01. The summed E-state index contributed by atoms with van der Waals surface area (Å²) in [6, 6.07) is 2.47. The smallest absolute Gasteiger partial charge is 0.241 e. The first-order valence-corrected chi connectivity index (χ1v) is 8.94. The van der Waals surface area contributed by atoms with Crippen LogP contribution in [0.25, 0.3) is 0 Å². The number of aromatic nitrogens is 2. The molecule has 0 radical (unpaired) electrons. The molecule has 0 aliphatic carbocycles. The quantitative estimate of drug-likeness (QED) is 0.343. The van der Waals surface area contributed by atoms with Gasteiger partial charge in [-0.05, 0) is 32.0 Å². The Morgan fingerprint density at radius 3 is 2.81 bits per heavy atom. The number of nitrogens with zero attached hydrogens (tertiary/aromatic N) is 5. The second-order valence-corrected chi connectivity index (χ2v) is 6.56. The molecule has 1 aromatic rings. The van der Waals surface area contributed by atoms with Gasteiger partial charge in [0.1, 0.15) is 0 Å². The Hall–Kier alpha value is -1.36. The molecular formula is C17H32IN7O. The predicted octanol–water partition coefficient (Wildman–Crippen LogP) is 0.646. The van der Waals surface area contributed by atoms with Crippen molar-refractivity contribution in [3.05, 3.63) is 18.0 Å². The minimum absolute atomic E-state index is 0. The molecule has 1 unspecified atom stereocenters. The number of rotatable bonds is 7. The largest absolute Gasteiger partial charge is 0.355 e. The molecule has 1 fully saturated rings. The van der Waals surface area contributed by atoms with Crippen LogP contribution >= 0.6 is 24.0 Å². The van der Waals surface area contributed by atoms with Gasteiger partial charge < -0.3 is 15.5 Å². The predicted molar refractivity (Wildman–Crippen MR) is 115 cm³/mol. The van der Waals surface area contributed by atoms with Crippen LogP contribution in [0.5, 0.6) is 0 Å². The van der Waals surface area contributed by atoms with Gasteiger partial charge >= 0.3 is 0 Å². The molecule has 2 heterocycles. The molecule has 148 valence electrons. The Kier molecular flexibility index (Phi) is 9.92. The van der Waals surface area contributed by atoms with E-state index in [1.807, 2.05) is 17.8 Å². The number of hydrogen-bond donors (Lipinski definition) is 2. The Bertz CT molecular complexity index is 587. The van der Waals surface area contributed by atoms with Gasteiger partial charge in [-0.15, -0.1) is 24.0 Å². The average Bonchev–Trinajstić information content (AvgIpc) is 3.22. The van der Waals surface area contributed by atoms with E-state index in [4.69, 9.17) is 0 Å². The molecule has 2 rings (SSSR count). The molecule has 1 atom stereocenters. The maximum Gasteiger partial charge on any atom is 0.241 e. The number of aliphatic imine (C=N–C) groups is 1. The monoisotopic (exact) mass is 477 g/mol. The first-order valence-electron chi connectivity index (χ1n) is 8.94. The van der Waals surface area contributed by atoms with Crippen LogP contribution in [0.3, 0.4) is 0 Å². The lowest BCUT2D eigenvalue weighted by Crippen LogP contribution is -2.47. The van der Waals surface area contributed by atoms with Gasteiger partial charge in [0, 0.05) is 39.9 Å². The summed E-state index contributed by atoms with van der Waals surface area (Å²) in [5, 5.41) is 10.7. The van der Waals surface area contributed by atoms with Gasteiger partial charge in [0.15, 0.2) is 5.96 Å². The highest BCUT2D eigenvalue weighted by atomic mass is 127. The molecule has 1 amide bonds. The molecule has 0 aromatic carbocycles. The van der Waals surface area contributed by atoms with Crippen molar-refractivity contribution >= 4 is 35.8 Å². The van der Waals surface area contributed by atoms with E-state index >= 15 is 0 Å². The lowest BCUT2D eigenvalue weighted by molar-refractivity contribution is -0.127. The van der Waals surface area contributed by atoms with E-state index in [1.165, 1.54) is 12.8 Å². The number of amides is 1. The average molecular weight is 477 g/mol. The van der Waals surface area contributed by atoms with E-state index < -0.39 is 0 Å². The van der Waals surface area contributed by atoms with E-state index in [0.29, 0.717) is 18.5 Å². The van der Waals surface area contributed by atoms with Gasteiger partial charge in [-0.2, -0.15) is 5.10 Å². The molecule has 1 saturated heterocycles. The second kappa shape index (κ2) is 11.4. The van der Waals surface area contributed by atoms with Gasteiger partial charge in [0.05, 0.1) is 18.8 Å². The summed E-state index contributed by atoms with van der Waals surface area (Å²) >= 11 is 0. The highest BCUT2D eigenvalue weighted by molar-refractivity contribution is 14.0. The van der Waals surface area contributed by atoms with E-state index in [1.54, 1.807) is 25.2 Å². The number of carbonyl (C=O) groups excluding carboxylic acids is 1. The zero-order valence-electron chi connectivity index (χ0n) is 16.2. The summed E-state index contributed by atoms with van der Waals surface area (Å²) in [5.74, 6) is 0.686. The van der Waals surface area contributed by atoms with E-state index in [2.05, 4.69) is 32.5 Å². The van der Waals surface area contributed by atoms with Crippen LogP contribution in [0.2, 0.25) is 0 Å². The van der Waals surface area contributed by atoms with Gasteiger partial charge in [0.25, 0.3) is 0 Å². The van der Waals surface area contributed by atoms with Crippen LogP contribution in [0.15, 0.2) is 17.3 Å². The number of carbonyl (C=O) groups is 1. The van der Waals surface area contributed by atoms with Crippen LogP contribution in [0.1, 0.15) is 25.5 Å². The van der Waals surface area contributed by atoms with Crippen molar-refractivity contribution in [1.82, 2.24) is 30.2 Å². The van der Waals surface area contributed by atoms with Crippen LogP contribution in [0.4, 0.5) is 0 Å². The Labute approximate surface area is 173 Å². The molecule has 26 heavy (non-hydrogen) atoms. The Morgan fingerprint density at radius 2 is 2.19 bits per heavy atom. The first-order chi connectivity index (χ1) is 12.0. The number of halogens is 1. The molecule has 1 aromatic heterocycles. The van der Waals surface area contributed by atoms with Crippen molar-refractivity contribution in [2.75, 3.05) is 40.3 Å². The SMILES string of the molecule is CCN1CCCC1CNC(=NCc1ccnn1C)NCC(=O)N(C)C.I. The highest BCUT2D eigenvalue weighted by Gasteiger charge is 2.22. The highest BCUT2D eigenvalue weighted by Crippen LogP contribution is 2.15. The number of nitrogens with one attached hydrogen (secondary N) is 2. The van der Waals surface area contributed by atoms with E-state index in [9.17, 15) is 4.79 Å². The van der Waals surface area contributed by atoms with Crippen molar-refractivity contribution in [1.29, 1.82) is 0 Å². The maximum atomic E-state index is 11.9. The van der Waals surface area contributed by atoms with Crippen LogP contribution in [-0.4, -0.2) is 77.8 Å². The van der Waals surface area contributed by atoms with Crippen molar-refractivity contribution < 1.29 is 4.79 Å². The number of aryl methyl sites for hydroxylation is 1. The second-order valence-electron chi connectivity index (χ2n) is 6.56. The Balaban J connectivity index is 0.00000338. The fraction of sp³-hybridized carbons (Fsp3) is 0.706. The van der Waals surface area contributed by atoms with Crippen molar-refractivity contribution in [2.45, 2.75) is 32.4 Å². The molecule has 0 spiro atoms. The topological polar surface area (TPSA) is 77.8 Å². The standard InChI is InChI=1S/C17H31N7O.HI/c1-5-24-10-6-7-15(24)12-19-17(20-13-16(25)22(2)3)18-11-14-8-9-21-23(14)4;/h8-9,15H,5-7,10-13H2,1-4H3,(H2,18,19,20);1H. The summed E-state index contributed by atoms with van der Waals surface area (Å²) in [4.78, 5) is 20.5. The molecule has 2 N–H and O–H groups in total. The number of likely N-dealkylation sites (N-methyl/N-ethyl adjacent to an activating group) is 2.